The molecule has 0 spiro atoms. The van der Waals surface area contributed by atoms with Gasteiger partial charge in [-0.3, -0.25) is 9.59 Å². The molecule has 0 radical (unpaired) electrons. The monoisotopic (exact) mass is 578 g/mol. The van der Waals surface area contributed by atoms with Crippen LogP contribution in [0.5, 0.6) is 0 Å². The number of hydrogen-bond donors (Lipinski definition) is 0. The molecule has 1 unspecified atom stereocenters. The van der Waals surface area contributed by atoms with Gasteiger partial charge >= 0.3 is 0 Å². The molecule has 0 aliphatic rings. The third-order valence-corrected chi connectivity index (χ3v) is 8.94. The van der Waals surface area contributed by atoms with E-state index < -0.39 is 0 Å². The maximum atomic E-state index is 13.0. The molecular formula is C38H75NO2. The van der Waals surface area contributed by atoms with Gasteiger partial charge in [-0.2, -0.15) is 0 Å². The maximum Gasteiger partial charge on any atom is 0.136 e. The normalized spacial score (nSPS) is 12.3. The number of Topliss-reactive ketones (excluding diaryl/α,β-unsaturated/α-hetero) is 2. The Hall–Kier alpha value is -0.700. The number of unbranched alkanes of at least 4 members (excludes halogenated alkanes) is 24. The van der Waals surface area contributed by atoms with Crippen LogP contribution in [0.2, 0.25) is 0 Å². The maximum absolute atomic E-state index is 13.0. The van der Waals surface area contributed by atoms with E-state index in [1.165, 1.54) is 141 Å². The van der Waals surface area contributed by atoms with E-state index in [0.717, 1.165) is 38.6 Å². The van der Waals surface area contributed by atoms with Crippen molar-refractivity contribution in [1.82, 2.24) is 4.90 Å². The number of carbonyl (C=O) groups is 2. The lowest BCUT2D eigenvalue weighted by molar-refractivity contribution is -0.128. The molecule has 41 heavy (non-hydrogen) atoms. The molecule has 0 saturated carbocycles. The summed E-state index contributed by atoms with van der Waals surface area (Å²) in [6.07, 6.45) is 37.1. The first-order chi connectivity index (χ1) is 20.0. The molecule has 0 aromatic heterocycles. The van der Waals surface area contributed by atoms with Crippen molar-refractivity contribution in [2.24, 2.45) is 5.92 Å². The second-order valence-electron chi connectivity index (χ2n) is 13.5. The van der Waals surface area contributed by atoms with Gasteiger partial charge in [0.1, 0.15) is 11.6 Å². The molecule has 1 atom stereocenters. The molecule has 0 N–H and O–H groups in total. The molecule has 3 nitrogen and oxygen atoms in total. The summed E-state index contributed by atoms with van der Waals surface area (Å²) in [5, 5.41) is 0. The first-order valence-electron chi connectivity index (χ1n) is 18.7. The Balaban J connectivity index is 3.87. The minimum atomic E-state index is -0.0656. The Morgan fingerprint density at radius 3 is 1.12 bits per heavy atom. The van der Waals surface area contributed by atoms with Crippen LogP contribution in [-0.2, 0) is 9.59 Å². The average molecular weight is 578 g/mol. The number of hydrogen-bond acceptors (Lipinski definition) is 3. The van der Waals surface area contributed by atoms with Gasteiger partial charge in [0.15, 0.2) is 0 Å². The Bertz CT molecular complexity index is 558. The minimum absolute atomic E-state index is 0.0656. The molecule has 0 aromatic rings. The summed E-state index contributed by atoms with van der Waals surface area (Å²) in [6, 6.07) is 0. The molecule has 0 heterocycles. The molecule has 0 aliphatic carbocycles. The van der Waals surface area contributed by atoms with E-state index in [-0.39, 0.29) is 5.92 Å². The highest BCUT2D eigenvalue weighted by molar-refractivity contribution is 5.87. The highest BCUT2D eigenvalue weighted by Gasteiger charge is 2.21. The van der Waals surface area contributed by atoms with E-state index in [1.807, 2.05) is 0 Å². The summed E-state index contributed by atoms with van der Waals surface area (Å²) in [5.74, 6) is 0.591. The fourth-order valence-corrected chi connectivity index (χ4v) is 6.03. The molecule has 0 saturated heterocycles. The zero-order chi connectivity index (χ0) is 30.2. The van der Waals surface area contributed by atoms with Crippen LogP contribution in [0.4, 0.5) is 0 Å². The average Bonchev–Trinajstić information content (AvgIpc) is 2.95. The predicted molar refractivity (Wildman–Crippen MR) is 182 cm³/mol. The molecule has 3 heteroatoms. The number of nitrogens with zero attached hydrogens (tertiary/aromatic N) is 1. The Labute approximate surface area is 258 Å². The lowest BCUT2D eigenvalue weighted by Crippen LogP contribution is -2.24. The first kappa shape index (κ1) is 40.3. The largest absolute Gasteiger partial charge is 0.309 e. The van der Waals surface area contributed by atoms with Crippen LogP contribution in [0.3, 0.4) is 0 Å². The highest BCUT2D eigenvalue weighted by Crippen LogP contribution is 2.19. The fraction of sp³-hybridized carbons (Fsp3) is 0.947. The topological polar surface area (TPSA) is 37.4 Å². The molecule has 0 aromatic carbocycles. The van der Waals surface area contributed by atoms with E-state index in [4.69, 9.17) is 0 Å². The Morgan fingerprint density at radius 2 is 0.780 bits per heavy atom. The van der Waals surface area contributed by atoms with E-state index in [2.05, 4.69) is 32.8 Å². The smallest absolute Gasteiger partial charge is 0.136 e. The Kier molecular flexibility index (Phi) is 31.7. The van der Waals surface area contributed by atoms with Gasteiger partial charge in [-0.25, -0.2) is 0 Å². The van der Waals surface area contributed by atoms with Gasteiger partial charge in [-0.05, 0) is 39.9 Å². The van der Waals surface area contributed by atoms with Crippen LogP contribution in [-0.4, -0.2) is 37.1 Å². The summed E-state index contributed by atoms with van der Waals surface area (Å²) in [5.41, 5.74) is 0. The molecule has 244 valence electrons. The van der Waals surface area contributed by atoms with Gasteiger partial charge in [-0.15, -0.1) is 0 Å². The quantitative estimate of drug-likeness (QED) is 0.0714. The molecule has 0 bridgehead atoms. The Morgan fingerprint density at radius 1 is 0.463 bits per heavy atom. The SMILES string of the molecule is CCCCCCCCCCCCCCCC(=O)CC(CCN(C)C)C(=O)CCCCCCCCCCCCCCC. The second-order valence-corrected chi connectivity index (χ2v) is 13.5. The molecular weight excluding hydrogens is 502 g/mol. The minimum Gasteiger partial charge on any atom is -0.309 e. The van der Waals surface area contributed by atoms with Gasteiger partial charge in [0.25, 0.3) is 0 Å². The van der Waals surface area contributed by atoms with Crippen LogP contribution in [0, 0.1) is 5.92 Å². The third kappa shape index (κ3) is 30.6. The van der Waals surface area contributed by atoms with Crippen molar-refractivity contribution < 1.29 is 9.59 Å². The van der Waals surface area contributed by atoms with Gasteiger partial charge < -0.3 is 4.90 Å². The summed E-state index contributed by atoms with van der Waals surface area (Å²) >= 11 is 0. The number of ketones is 2. The van der Waals surface area contributed by atoms with Crippen molar-refractivity contribution in [2.45, 2.75) is 206 Å². The summed E-state index contributed by atoms with van der Waals surface area (Å²) in [6.45, 7) is 5.45. The molecule has 0 amide bonds. The van der Waals surface area contributed by atoms with Crippen molar-refractivity contribution in [3.63, 3.8) is 0 Å². The van der Waals surface area contributed by atoms with Gasteiger partial charge in [0.05, 0.1) is 0 Å². The summed E-state index contributed by atoms with van der Waals surface area (Å²) in [4.78, 5) is 27.9. The van der Waals surface area contributed by atoms with E-state index >= 15 is 0 Å². The fourth-order valence-electron chi connectivity index (χ4n) is 6.03. The predicted octanol–water partition coefficient (Wildman–Crippen LogP) is 12.0. The third-order valence-electron chi connectivity index (χ3n) is 8.94. The van der Waals surface area contributed by atoms with Crippen molar-refractivity contribution in [3.8, 4) is 0 Å². The van der Waals surface area contributed by atoms with Crippen molar-refractivity contribution >= 4 is 11.6 Å². The van der Waals surface area contributed by atoms with Crippen LogP contribution in [0.15, 0.2) is 0 Å². The summed E-state index contributed by atoms with van der Waals surface area (Å²) < 4.78 is 0. The van der Waals surface area contributed by atoms with Gasteiger partial charge in [0.2, 0.25) is 0 Å². The van der Waals surface area contributed by atoms with E-state index in [1.54, 1.807) is 0 Å². The zero-order valence-electron chi connectivity index (χ0n) is 28.8. The highest BCUT2D eigenvalue weighted by atomic mass is 16.1. The van der Waals surface area contributed by atoms with Crippen molar-refractivity contribution in [1.29, 1.82) is 0 Å². The van der Waals surface area contributed by atoms with Crippen LogP contribution in [0.1, 0.15) is 206 Å². The standard InChI is InChI=1S/C38H75NO2/c1-5-7-9-11-13-15-17-19-21-23-25-27-29-31-37(40)35-36(33-34-39(3)4)38(41)32-30-28-26-24-22-20-18-16-14-12-10-8-6-2/h36H,5-35H2,1-4H3. The molecule has 0 rings (SSSR count). The van der Waals surface area contributed by atoms with Crippen LogP contribution < -0.4 is 0 Å². The lowest BCUT2D eigenvalue weighted by Gasteiger charge is -2.18. The first-order valence-corrected chi connectivity index (χ1v) is 18.7. The van der Waals surface area contributed by atoms with Crippen molar-refractivity contribution in [3.05, 3.63) is 0 Å². The van der Waals surface area contributed by atoms with Crippen LogP contribution in [0.25, 0.3) is 0 Å². The molecule has 0 fully saturated rings. The second kappa shape index (κ2) is 32.2. The van der Waals surface area contributed by atoms with Gasteiger partial charge in [0, 0.05) is 25.2 Å². The van der Waals surface area contributed by atoms with Crippen LogP contribution >= 0.6 is 0 Å². The number of carbonyl (C=O) groups excluding carboxylic acids is 2. The van der Waals surface area contributed by atoms with Gasteiger partial charge in [-0.1, -0.05) is 168 Å². The van der Waals surface area contributed by atoms with E-state index in [9.17, 15) is 9.59 Å². The lowest BCUT2D eigenvalue weighted by atomic mass is 9.89. The zero-order valence-corrected chi connectivity index (χ0v) is 28.8. The van der Waals surface area contributed by atoms with Crippen molar-refractivity contribution in [2.75, 3.05) is 20.6 Å². The van der Waals surface area contributed by atoms with E-state index in [0.29, 0.717) is 30.8 Å². The number of rotatable bonds is 34. The summed E-state index contributed by atoms with van der Waals surface area (Å²) in [7, 11) is 4.12. The molecule has 0 aliphatic heterocycles.